The summed E-state index contributed by atoms with van der Waals surface area (Å²) in [4.78, 5) is 28.8. The largest absolute Gasteiger partial charge is 0.291 e. The standard InChI is InChI=1S/C20H19NO2/c22-18-16-11-5-6-12-17(16)19(23)20(18,15-9-3-1-4-10-15)21-13-7-2-8-14-21/h1,3-6,9-12H,2,7-8,13-14H2. The number of ketones is 2. The minimum atomic E-state index is -1.16. The Morgan fingerprint density at radius 1 is 0.696 bits per heavy atom. The van der Waals surface area contributed by atoms with Gasteiger partial charge in [0, 0.05) is 11.1 Å². The quantitative estimate of drug-likeness (QED) is 0.798. The Morgan fingerprint density at radius 2 is 1.22 bits per heavy atom. The Bertz CT molecular complexity index is 725. The van der Waals surface area contributed by atoms with Gasteiger partial charge in [0.15, 0.2) is 17.1 Å². The minimum Gasteiger partial charge on any atom is -0.291 e. The summed E-state index contributed by atoms with van der Waals surface area (Å²) in [5.41, 5.74) is 0.762. The van der Waals surface area contributed by atoms with Crippen LogP contribution >= 0.6 is 0 Å². The van der Waals surface area contributed by atoms with E-state index in [9.17, 15) is 9.59 Å². The zero-order valence-electron chi connectivity index (χ0n) is 13.0. The third-order valence-electron chi connectivity index (χ3n) is 5.10. The van der Waals surface area contributed by atoms with Crippen molar-refractivity contribution in [1.29, 1.82) is 0 Å². The first-order chi connectivity index (χ1) is 11.3. The maximum atomic E-state index is 13.4. The second-order valence-corrected chi connectivity index (χ2v) is 6.33. The molecule has 2 aromatic rings. The van der Waals surface area contributed by atoms with Crippen LogP contribution < -0.4 is 0 Å². The summed E-state index contributed by atoms with van der Waals surface area (Å²) >= 11 is 0. The van der Waals surface area contributed by atoms with Gasteiger partial charge in [-0.2, -0.15) is 0 Å². The molecular formula is C20H19NO2. The van der Waals surface area contributed by atoms with Gasteiger partial charge in [0.2, 0.25) is 0 Å². The van der Waals surface area contributed by atoms with Gasteiger partial charge >= 0.3 is 0 Å². The van der Waals surface area contributed by atoms with Crippen molar-refractivity contribution in [2.75, 3.05) is 13.1 Å². The number of benzene rings is 2. The van der Waals surface area contributed by atoms with Crippen LogP contribution in [0.4, 0.5) is 0 Å². The van der Waals surface area contributed by atoms with Gasteiger partial charge in [-0.3, -0.25) is 14.5 Å². The van der Waals surface area contributed by atoms with E-state index in [4.69, 9.17) is 0 Å². The lowest BCUT2D eigenvalue weighted by Crippen LogP contribution is -2.55. The maximum absolute atomic E-state index is 13.4. The van der Waals surface area contributed by atoms with E-state index >= 15 is 0 Å². The van der Waals surface area contributed by atoms with E-state index in [2.05, 4.69) is 4.90 Å². The summed E-state index contributed by atoms with van der Waals surface area (Å²) in [5, 5.41) is 0. The summed E-state index contributed by atoms with van der Waals surface area (Å²) in [7, 11) is 0. The van der Waals surface area contributed by atoms with Crippen molar-refractivity contribution < 1.29 is 9.59 Å². The summed E-state index contributed by atoms with van der Waals surface area (Å²) in [6.07, 6.45) is 3.23. The van der Waals surface area contributed by atoms with Crippen molar-refractivity contribution in [1.82, 2.24) is 4.90 Å². The van der Waals surface area contributed by atoms with E-state index in [1.807, 2.05) is 42.5 Å². The fourth-order valence-corrected chi connectivity index (χ4v) is 4.01. The average Bonchev–Trinajstić information content (AvgIpc) is 2.86. The van der Waals surface area contributed by atoms with E-state index in [-0.39, 0.29) is 11.6 Å². The highest BCUT2D eigenvalue weighted by Gasteiger charge is 2.57. The van der Waals surface area contributed by atoms with E-state index in [0.717, 1.165) is 37.9 Å². The molecule has 1 aliphatic heterocycles. The Balaban J connectivity index is 1.94. The molecule has 1 heterocycles. The van der Waals surface area contributed by atoms with Gasteiger partial charge in [-0.1, -0.05) is 61.0 Å². The molecule has 3 heteroatoms. The second kappa shape index (κ2) is 5.43. The molecule has 3 nitrogen and oxygen atoms in total. The fourth-order valence-electron chi connectivity index (χ4n) is 4.01. The number of hydrogen-bond acceptors (Lipinski definition) is 3. The van der Waals surface area contributed by atoms with Crippen LogP contribution in [0.3, 0.4) is 0 Å². The van der Waals surface area contributed by atoms with Gasteiger partial charge < -0.3 is 0 Å². The molecule has 0 spiro atoms. The Labute approximate surface area is 135 Å². The molecule has 1 fully saturated rings. The summed E-state index contributed by atoms with van der Waals surface area (Å²) < 4.78 is 0. The number of carbonyl (C=O) groups is 2. The summed E-state index contributed by atoms with van der Waals surface area (Å²) in [6.45, 7) is 1.58. The molecular weight excluding hydrogens is 286 g/mol. The molecule has 116 valence electrons. The maximum Gasteiger partial charge on any atom is 0.196 e. The summed E-state index contributed by atoms with van der Waals surface area (Å²) in [5.74, 6) is -0.127. The molecule has 4 rings (SSSR count). The predicted octanol–water partition coefficient (Wildman–Crippen LogP) is 3.45. The molecule has 23 heavy (non-hydrogen) atoms. The first-order valence-corrected chi connectivity index (χ1v) is 8.25. The Morgan fingerprint density at radius 3 is 1.78 bits per heavy atom. The number of carbonyl (C=O) groups excluding carboxylic acids is 2. The van der Waals surface area contributed by atoms with Crippen LogP contribution in [0.25, 0.3) is 0 Å². The number of piperidine rings is 1. The van der Waals surface area contributed by atoms with Crippen molar-refractivity contribution in [2.24, 2.45) is 0 Å². The lowest BCUT2D eigenvalue weighted by Gasteiger charge is -2.41. The number of hydrogen-bond donors (Lipinski definition) is 0. The predicted molar refractivity (Wildman–Crippen MR) is 88.6 cm³/mol. The second-order valence-electron chi connectivity index (χ2n) is 6.33. The molecule has 0 amide bonds. The van der Waals surface area contributed by atoms with Gasteiger partial charge in [-0.05, 0) is 31.5 Å². The molecule has 2 aromatic carbocycles. The molecule has 2 aliphatic rings. The van der Waals surface area contributed by atoms with Gasteiger partial charge in [0.05, 0.1) is 0 Å². The molecule has 0 aromatic heterocycles. The van der Waals surface area contributed by atoms with E-state index in [1.165, 1.54) is 0 Å². The fraction of sp³-hybridized carbons (Fsp3) is 0.300. The van der Waals surface area contributed by atoms with Gasteiger partial charge in [0.25, 0.3) is 0 Å². The molecule has 0 bridgehead atoms. The highest BCUT2D eigenvalue weighted by atomic mass is 16.2. The number of rotatable bonds is 2. The van der Waals surface area contributed by atoms with Crippen molar-refractivity contribution in [3.63, 3.8) is 0 Å². The number of fused-ring (bicyclic) bond motifs is 1. The van der Waals surface area contributed by atoms with Crippen LogP contribution in [0, 0.1) is 0 Å². The highest BCUT2D eigenvalue weighted by molar-refractivity contribution is 6.32. The van der Waals surface area contributed by atoms with Crippen LogP contribution in [0.15, 0.2) is 54.6 Å². The highest BCUT2D eigenvalue weighted by Crippen LogP contribution is 2.43. The van der Waals surface area contributed by atoms with Crippen molar-refractivity contribution in [3.05, 3.63) is 71.3 Å². The molecule has 0 radical (unpaired) electrons. The van der Waals surface area contributed by atoms with Crippen LogP contribution in [-0.4, -0.2) is 29.6 Å². The number of Topliss-reactive ketones (excluding diaryl/α,β-unsaturated/α-hetero) is 2. The molecule has 1 saturated heterocycles. The minimum absolute atomic E-state index is 0.0637. The van der Waals surface area contributed by atoms with Crippen molar-refractivity contribution in [2.45, 2.75) is 24.8 Å². The van der Waals surface area contributed by atoms with Gasteiger partial charge in [-0.15, -0.1) is 0 Å². The van der Waals surface area contributed by atoms with Gasteiger partial charge in [-0.25, -0.2) is 0 Å². The molecule has 0 atom stereocenters. The van der Waals surface area contributed by atoms with Crippen LogP contribution in [0.1, 0.15) is 45.5 Å². The zero-order chi connectivity index (χ0) is 15.9. The molecule has 0 saturated carbocycles. The Hall–Kier alpha value is -2.26. The molecule has 0 N–H and O–H groups in total. The zero-order valence-corrected chi connectivity index (χ0v) is 13.0. The number of nitrogens with zero attached hydrogens (tertiary/aromatic N) is 1. The van der Waals surface area contributed by atoms with E-state index in [0.29, 0.717) is 11.1 Å². The molecule has 0 unspecified atom stereocenters. The Kier molecular flexibility index (Phi) is 3.38. The molecule has 1 aliphatic carbocycles. The SMILES string of the molecule is O=C1c2ccccc2C(=O)C1(c1ccccc1)N1CCCCC1. The van der Waals surface area contributed by atoms with Crippen molar-refractivity contribution in [3.8, 4) is 0 Å². The normalized spacial score (nSPS) is 20.5. The smallest absolute Gasteiger partial charge is 0.196 e. The first-order valence-electron chi connectivity index (χ1n) is 8.25. The lowest BCUT2D eigenvalue weighted by atomic mass is 9.82. The topological polar surface area (TPSA) is 37.4 Å². The third kappa shape index (κ3) is 1.93. The van der Waals surface area contributed by atoms with Crippen LogP contribution in [0.5, 0.6) is 0 Å². The lowest BCUT2D eigenvalue weighted by molar-refractivity contribution is 0.0422. The van der Waals surface area contributed by atoms with Crippen LogP contribution in [0.2, 0.25) is 0 Å². The van der Waals surface area contributed by atoms with E-state index in [1.54, 1.807) is 12.1 Å². The third-order valence-corrected chi connectivity index (χ3v) is 5.10. The average molecular weight is 305 g/mol. The van der Waals surface area contributed by atoms with Gasteiger partial charge in [0.1, 0.15) is 0 Å². The first kappa shape index (κ1) is 14.3. The monoisotopic (exact) mass is 305 g/mol. The summed E-state index contributed by atoms with van der Waals surface area (Å²) in [6, 6.07) is 16.8. The van der Waals surface area contributed by atoms with Crippen molar-refractivity contribution >= 4 is 11.6 Å². The van der Waals surface area contributed by atoms with Crippen LogP contribution in [-0.2, 0) is 5.54 Å². The van der Waals surface area contributed by atoms with E-state index < -0.39 is 5.54 Å². The number of likely N-dealkylation sites (tertiary alicyclic amines) is 1.